The predicted octanol–water partition coefficient (Wildman–Crippen LogP) is 1.61. The molecule has 4 nitrogen and oxygen atoms in total. The number of carboxylic acid groups (broad SMARTS) is 1. The lowest BCUT2D eigenvalue weighted by molar-refractivity contribution is -0.136. The van der Waals surface area contributed by atoms with E-state index < -0.39 is 5.97 Å². The predicted molar refractivity (Wildman–Crippen MR) is 62.8 cm³/mol. The van der Waals surface area contributed by atoms with Crippen molar-refractivity contribution in [3.63, 3.8) is 0 Å². The van der Waals surface area contributed by atoms with Crippen molar-refractivity contribution in [3.8, 4) is 0 Å². The fourth-order valence-corrected chi connectivity index (χ4v) is 1.61. The minimum Gasteiger partial charge on any atom is -0.481 e. The van der Waals surface area contributed by atoms with E-state index in [0.29, 0.717) is 5.56 Å². The highest BCUT2D eigenvalue weighted by atomic mass is 32.2. The average Bonchev–Trinajstić information content (AvgIpc) is 2.28. The van der Waals surface area contributed by atoms with Gasteiger partial charge in [-0.25, -0.2) is 0 Å². The van der Waals surface area contributed by atoms with E-state index in [0.717, 1.165) is 4.90 Å². The highest BCUT2D eigenvalue weighted by Gasteiger charge is 2.06. The number of carbonyl (C=O) groups is 2. The molecule has 0 aliphatic rings. The molecule has 0 atom stereocenters. The zero-order valence-corrected chi connectivity index (χ0v) is 9.71. The van der Waals surface area contributed by atoms with Crippen molar-refractivity contribution in [1.82, 2.24) is 5.32 Å². The van der Waals surface area contributed by atoms with E-state index in [2.05, 4.69) is 5.32 Å². The van der Waals surface area contributed by atoms with Gasteiger partial charge in [-0.05, 0) is 24.5 Å². The van der Waals surface area contributed by atoms with Crippen LogP contribution < -0.4 is 5.32 Å². The third-order valence-electron chi connectivity index (χ3n) is 1.96. The van der Waals surface area contributed by atoms with Crippen LogP contribution in [0.15, 0.2) is 29.2 Å². The molecule has 0 bridgehead atoms. The van der Waals surface area contributed by atoms with E-state index in [9.17, 15) is 9.59 Å². The molecule has 0 aliphatic heterocycles. The number of amides is 1. The Hall–Kier alpha value is -1.49. The number of rotatable bonds is 5. The van der Waals surface area contributed by atoms with Gasteiger partial charge in [-0.2, -0.15) is 0 Å². The third-order valence-corrected chi connectivity index (χ3v) is 2.68. The molecule has 0 aromatic heterocycles. The van der Waals surface area contributed by atoms with Crippen LogP contribution in [0.4, 0.5) is 0 Å². The SMILES string of the molecule is CSc1cccc(C(=O)NCCC(=O)O)c1. The molecule has 0 spiro atoms. The quantitative estimate of drug-likeness (QED) is 0.766. The summed E-state index contributed by atoms with van der Waals surface area (Å²) in [6, 6.07) is 7.20. The average molecular weight is 239 g/mol. The molecule has 0 aliphatic carbocycles. The molecule has 1 aromatic carbocycles. The molecule has 1 amide bonds. The van der Waals surface area contributed by atoms with Gasteiger partial charge in [0.05, 0.1) is 6.42 Å². The Bertz CT molecular complexity index is 393. The van der Waals surface area contributed by atoms with Crippen molar-refractivity contribution in [1.29, 1.82) is 0 Å². The van der Waals surface area contributed by atoms with Crippen molar-refractivity contribution in [2.24, 2.45) is 0 Å². The Balaban J connectivity index is 2.55. The van der Waals surface area contributed by atoms with Crippen LogP contribution in [0.3, 0.4) is 0 Å². The standard InChI is InChI=1S/C11H13NO3S/c1-16-9-4-2-3-8(7-9)11(15)12-6-5-10(13)14/h2-4,7H,5-6H2,1H3,(H,12,15)(H,13,14). The molecule has 0 saturated heterocycles. The van der Waals surface area contributed by atoms with E-state index in [1.165, 1.54) is 0 Å². The van der Waals surface area contributed by atoms with Crippen LogP contribution in [0.5, 0.6) is 0 Å². The van der Waals surface area contributed by atoms with Crippen LogP contribution in [0, 0.1) is 0 Å². The highest BCUT2D eigenvalue weighted by molar-refractivity contribution is 7.98. The summed E-state index contributed by atoms with van der Waals surface area (Å²) in [4.78, 5) is 22.8. The minimum atomic E-state index is -0.918. The van der Waals surface area contributed by atoms with E-state index in [4.69, 9.17) is 5.11 Å². The molecule has 86 valence electrons. The summed E-state index contributed by atoms with van der Waals surface area (Å²) in [5, 5.41) is 11.0. The fraction of sp³-hybridized carbons (Fsp3) is 0.273. The van der Waals surface area contributed by atoms with E-state index in [1.807, 2.05) is 12.3 Å². The van der Waals surface area contributed by atoms with E-state index >= 15 is 0 Å². The number of aliphatic carboxylic acids is 1. The zero-order valence-electron chi connectivity index (χ0n) is 8.90. The van der Waals surface area contributed by atoms with Crippen LogP contribution in [0.1, 0.15) is 16.8 Å². The normalized spacial score (nSPS) is 9.81. The molecular formula is C11H13NO3S. The maximum Gasteiger partial charge on any atom is 0.305 e. The number of hydrogen-bond donors (Lipinski definition) is 2. The van der Waals surface area contributed by atoms with Gasteiger partial charge in [0.2, 0.25) is 0 Å². The molecule has 2 N–H and O–H groups in total. The van der Waals surface area contributed by atoms with Crippen molar-refractivity contribution >= 4 is 23.6 Å². The van der Waals surface area contributed by atoms with Gasteiger partial charge in [0.1, 0.15) is 0 Å². The number of benzene rings is 1. The second kappa shape index (κ2) is 6.17. The van der Waals surface area contributed by atoms with E-state index in [-0.39, 0.29) is 18.9 Å². The molecule has 0 radical (unpaired) electrons. The van der Waals surface area contributed by atoms with Crippen LogP contribution in [-0.2, 0) is 4.79 Å². The molecule has 0 unspecified atom stereocenters. The minimum absolute atomic E-state index is 0.0615. The van der Waals surface area contributed by atoms with Crippen LogP contribution in [0.2, 0.25) is 0 Å². The molecule has 1 aromatic rings. The fourth-order valence-electron chi connectivity index (χ4n) is 1.15. The second-order valence-corrected chi connectivity index (χ2v) is 4.01. The summed E-state index contributed by atoms with van der Waals surface area (Å²) >= 11 is 1.55. The molecule has 0 fully saturated rings. The lowest BCUT2D eigenvalue weighted by Gasteiger charge is -2.04. The highest BCUT2D eigenvalue weighted by Crippen LogP contribution is 2.15. The summed E-state index contributed by atoms with van der Waals surface area (Å²) in [5.41, 5.74) is 0.553. The largest absolute Gasteiger partial charge is 0.481 e. The summed E-state index contributed by atoms with van der Waals surface area (Å²) in [6.45, 7) is 0.150. The summed E-state index contributed by atoms with van der Waals surface area (Å²) in [6.07, 6.45) is 1.87. The topological polar surface area (TPSA) is 66.4 Å². The summed E-state index contributed by atoms with van der Waals surface area (Å²) < 4.78 is 0. The van der Waals surface area contributed by atoms with E-state index in [1.54, 1.807) is 30.0 Å². The summed E-state index contributed by atoms with van der Waals surface area (Å²) in [7, 11) is 0. The van der Waals surface area contributed by atoms with Gasteiger partial charge in [0.15, 0.2) is 0 Å². The molecular weight excluding hydrogens is 226 g/mol. The third kappa shape index (κ3) is 3.94. The van der Waals surface area contributed by atoms with Gasteiger partial charge in [0, 0.05) is 17.0 Å². The molecule has 1 rings (SSSR count). The first-order chi connectivity index (χ1) is 7.63. The number of hydrogen-bond acceptors (Lipinski definition) is 3. The molecule has 0 heterocycles. The first-order valence-corrected chi connectivity index (χ1v) is 6.00. The van der Waals surface area contributed by atoms with Crippen molar-refractivity contribution in [2.45, 2.75) is 11.3 Å². The van der Waals surface area contributed by atoms with Gasteiger partial charge in [-0.1, -0.05) is 6.07 Å². The molecule has 0 saturated carbocycles. The Morgan fingerprint density at radius 3 is 2.81 bits per heavy atom. The Kier molecular flexibility index (Phi) is 4.85. The second-order valence-electron chi connectivity index (χ2n) is 3.13. The number of carboxylic acids is 1. The van der Waals surface area contributed by atoms with Gasteiger partial charge in [-0.15, -0.1) is 11.8 Å². The maximum atomic E-state index is 11.6. The number of thioether (sulfide) groups is 1. The van der Waals surface area contributed by atoms with Crippen molar-refractivity contribution in [2.75, 3.05) is 12.8 Å². The summed E-state index contributed by atoms with van der Waals surface area (Å²) in [5.74, 6) is -1.16. The Morgan fingerprint density at radius 1 is 1.44 bits per heavy atom. The van der Waals surface area contributed by atoms with Crippen LogP contribution in [0.25, 0.3) is 0 Å². The molecule has 5 heteroatoms. The van der Waals surface area contributed by atoms with Gasteiger partial charge >= 0.3 is 5.97 Å². The first-order valence-electron chi connectivity index (χ1n) is 4.77. The Labute approximate surface area is 98.0 Å². The first kappa shape index (κ1) is 12.6. The maximum absolute atomic E-state index is 11.6. The van der Waals surface area contributed by atoms with Crippen LogP contribution in [-0.4, -0.2) is 29.8 Å². The zero-order chi connectivity index (χ0) is 12.0. The monoisotopic (exact) mass is 239 g/mol. The smallest absolute Gasteiger partial charge is 0.305 e. The Morgan fingerprint density at radius 2 is 2.19 bits per heavy atom. The van der Waals surface area contributed by atoms with Gasteiger partial charge < -0.3 is 10.4 Å². The molecule has 16 heavy (non-hydrogen) atoms. The van der Waals surface area contributed by atoms with Gasteiger partial charge in [-0.3, -0.25) is 9.59 Å². The number of carbonyl (C=O) groups excluding carboxylic acids is 1. The van der Waals surface area contributed by atoms with Crippen molar-refractivity contribution < 1.29 is 14.7 Å². The lowest BCUT2D eigenvalue weighted by Crippen LogP contribution is -2.25. The van der Waals surface area contributed by atoms with Gasteiger partial charge in [0.25, 0.3) is 5.91 Å². The van der Waals surface area contributed by atoms with Crippen LogP contribution >= 0.6 is 11.8 Å². The van der Waals surface area contributed by atoms with Crippen molar-refractivity contribution in [3.05, 3.63) is 29.8 Å². The number of nitrogens with one attached hydrogen (secondary N) is 1. The lowest BCUT2D eigenvalue weighted by atomic mass is 10.2.